The fraction of sp³-hybridized carbons (Fsp3) is 1.00. The molecule has 3 heteroatoms. The highest BCUT2D eigenvalue weighted by Gasteiger charge is 2.35. The molecule has 1 fully saturated rings. The first kappa shape index (κ1) is 10.2. The highest BCUT2D eigenvalue weighted by Crippen LogP contribution is 2.38. The normalized spacial score (nSPS) is 28.8. The number of hydrogen-bond donors (Lipinski definition) is 0. The molecule has 12 heavy (non-hydrogen) atoms. The molecule has 0 saturated heterocycles. The molecule has 0 spiro atoms. The Labute approximate surface area is 77.3 Å². The number of halogens is 3. The molecule has 72 valence electrons. The van der Waals surface area contributed by atoms with Crippen molar-refractivity contribution in [3.05, 3.63) is 0 Å². The van der Waals surface area contributed by atoms with Gasteiger partial charge in [0.2, 0.25) is 5.92 Å². The molecule has 1 aliphatic rings. The van der Waals surface area contributed by atoms with Crippen LogP contribution in [0.2, 0.25) is 0 Å². The van der Waals surface area contributed by atoms with Crippen LogP contribution in [-0.2, 0) is 0 Å². The predicted octanol–water partition coefficient (Wildman–Crippen LogP) is 3.83. The van der Waals surface area contributed by atoms with E-state index >= 15 is 0 Å². The van der Waals surface area contributed by atoms with E-state index in [0.29, 0.717) is 12.3 Å². The summed E-state index contributed by atoms with van der Waals surface area (Å²) in [7, 11) is 0. The lowest BCUT2D eigenvalue weighted by Gasteiger charge is -2.28. The quantitative estimate of drug-likeness (QED) is 0.602. The zero-order valence-corrected chi connectivity index (χ0v) is 7.92. The van der Waals surface area contributed by atoms with E-state index in [0.717, 1.165) is 19.3 Å². The topological polar surface area (TPSA) is 0 Å². The highest BCUT2D eigenvalue weighted by atomic mass is 35.5. The van der Waals surface area contributed by atoms with Crippen molar-refractivity contribution in [2.75, 3.05) is 5.88 Å². The van der Waals surface area contributed by atoms with Gasteiger partial charge in [0.15, 0.2) is 0 Å². The third kappa shape index (κ3) is 3.26. The Bertz CT molecular complexity index is 136. The number of hydrogen-bond acceptors (Lipinski definition) is 0. The van der Waals surface area contributed by atoms with Crippen molar-refractivity contribution in [2.45, 2.75) is 44.4 Å². The average Bonchev–Trinajstić information content (AvgIpc) is 1.99. The van der Waals surface area contributed by atoms with Gasteiger partial charge in [0.05, 0.1) is 0 Å². The van der Waals surface area contributed by atoms with Crippen molar-refractivity contribution in [3.8, 4) is 0 Å². The van der Waals surface area contributed by atoms with E-state index in [1.807, 2.05) is 0 Å². The molecular formula is C9H15ClF2. The summed E-state index contributed by atoms with van der Waals surface area (Å²) in [6, 6.07) is 0. The van der Waals surface area contributed by atoms with Crippen LogP contribution in [0.15, 0.2) is 0 Å². The molecule has 1 rings (SSSR count). The molecule has 1 atom stereocenters. The Morgan fingerprint density at radius 2 is 2.17 bits per heavy atom. The molecule has 0 bridgehead atoms. The van der Waals surface area contributed by atoms with E-state index in [-0.39, 0.29) is 18.8 Å². The van der Waals surface area contributed by atoms with Crippen LogP contribution in [0.5, 0.6) is 0 Å². The minimum Gasteiger partial charge on any atom is -0.207 e. The van der Waals surface area contributed by atoms with Gasteiger partial charge < -0.3 is 0 Å². The SMILES string of the molecule is FC1(F)CCCC(CCCCl)C1. The summed E-state index contributed by atoms with van der Waals surface area (Å²) in [5.74, 6) is -1.58. The van der Waals surface area contributed by atoms with Crippen LogP contribution in [0.3, 0.4) is 0 Å². The summed E-state index contributed by atoms with van der Waals surface area (Å²) in [6.45, 7) is 0. The van der Waals surface area contributed by atoms with Crippen molar-refractivity contribution in [3.63, 3.8) is 0 Å². The minimum absolute atomic E-state index is 0.0872. The summed E-state index contributed by atoms with van der Waals surface area (Å²) in [4.78, 5) is 0. The third-order valence-electron chi connectivity index (χ3n) is 2.49. The average molecular weight is 197 g/mol. The summed E-state index contributed by atoms with van der Waals surface area (Å²) in [5, 5.41) is 0. The highest BCUT2D eigenvalue weighted by molar-refractivity contribution is 6.17. The van der Waals surface area contributed by atoms with Crippen LogP contribution in [-0.4, -0.2) is 11.8 Å². The molecule has 1 unspecified atom stereocenters. The van der Waals surface area contributed by atoms with E-state index in [1.165, 1.54) is 0 Å². The first-order valence-corrected chi connectivity index (χ1v) is 5.11. The second-order valence-electron chi connectivity index (χ2n) is 3.65. The Kier molecular flexibility index (Phi) is 3.76. The van der Waals surface area contributed by atoms with Crippen LogP contribution in [0.1, 0.15) is 38.5 Å². The fourth-order valence-corrected chi connectivity index (χ4v) is 2.04. The first-order chi connectivity index (χ1) is 5.64. The van der Waals surface area contributed by atoms with Crippen LogP contribution in [0.25, 0.3) is 0 Å². The van der Waals surface area contributed by atoms with Crippen LogP contribution >= 0.6 is 11.6 Å². The van der Waals surface area contributed by atoms with Gasteiger partial charge in [0.1, 0.15) is 0 Å². The molecule has 0 aromatic rings. The van der Waals surface area contributed by atoms with E-state index in [1.54, 1.807) is 0 Å². The van der Waals surface area contributed by atoms with Gasteiger partial charge in [-0.25, -0.2) is 8.78 Å². The van der Waals surface area contributed by atoms with Crippen molar-refractivity contribution in [2.24, 2.45) is 5.92 Å². The largest absolute Gasteiger partial charge is 0.248 e. The van der Waals surface area contributed by atoms with Gasteiger partial charge in [-0.05, 0) is 25.2 Å². The fourth-order valence-electron chi connectivity index (χ4n) is 1.89. The smallest absolute Gasteiger partial charge is 0.207 e. The van der Waals surface area contributed by atoms with Crippen molar-refractivity contribution in [1.29, 1.82) is 0 Å². The molecule has 0 N–H and O–H groups in total. The van der Waals surface area contributed by atoms with E-state index in [2.05, 4.69) is 0 Å². The minimum atomic E-state index is -2.39. The van der Waals surface area contributed by atoms with E-state index in [9.17, 15) is 8.78 Å². The lowest BCUT2D eigenvalue weighted by atomic mass is 9.84. The maximum atomic E-state index is 12.8. The molecule has 0 amide bonds. The van der Waals surface area contributed by atoms with E-state index in [4.69, 9.17) is 11.6 Å². The van der Waals surface area contributed by atoms with Crippen LogP contribution in [0.4, 0.5) is 8.78 Å². The Balaban J connectivity index is 2.26. The van der Waals surface area contributed by atoms with Gasteiger partial charge in [0, 0.05) is 18.7 Å². The molecule has 0 radical (unpaired) electrons. The molecular weight excluding hydrogens is 182 g/mol. The Morgan fingerprint density at radius 1 is 1.42 bits per heavy atom. The maximum absolute atomic E-state index is 12.8. The Hall–Kier alpha value is 0.150. The second-order valence-corrected chi connectivity index (χ2v) is 4.03. The molecule has 0 nitrogen and oxygen atoms in total. The second kappa shape index (κ2) is 4.40. The zero-order chi connectivity index (χ0) is 9.03. The number of rotatable bonds is 3. The molecule has 1 saturated carbocycles. The standard InChI is InChI=1S/C9H15ClF2/c10-6-2-4-8-3-1-5-9(11,12)7-8/h8H,1-7H2. The summed E-state index contributed by atoms with van der Waals surface area (Å²) in [5.41, 5.74) is 0. The lowest BCUT2D eigenvalue weighted by molar-refractivity contribution is -0.0535. The lowest BCUT2D eigenvalue weighted by Crippen LogP contribution is -2.25. The van der Waals surface area contributed by atoms with Gasteiger partial charge in [-0.2, -0.15) is 0 Å². The molecule has 0 aliphatic heterocycles. The zero-order valence-electron chi connectivity index (χ0n) is 7.16. The molecule has 0 heterocycles. The summed E-state index contributed by atoms with van der Waals surface area (Å²) < 4.78 is 25.7. The molecule has 0 aromatic carbocycles. The first-order valence-electron chi connectivity index (χ1n) is 4.58. The van der Waals surface area contributed by atoms with Crippen molar-refractivity contribution < 1.29 is 8.78 Å². The molecule has 1 aliphatic carbocycles. The van der Waals surface area contributed by atoms with Crippen LogP contribution < -0.4 is 0 Å². The summed E-state index contributed by atoms with van der Waals surface area (Å²) >= 11 is 5.50. The van der Waals surface area contributed by atoms with E-state index < -0.39 is 5.92 Å². The number of alkyl halides is 3. The molecule has 0 aromatic heterocycles. The van der Waals surface area contributed by atoms with Crippen molar-refractivity contribution in [1.82, 2.24) is 0 Å². The van der Waals surface area contributed by atoms with Gasteiger partial charge >= 0.3 is 0 Å². The predicted molar refractivity (Wildman–Crippen MR) is 46.9 cm³/mol. The van der Waals surface area contributed by atoms with Gasteiger partial charge in [-0.1, -0.05) is 6.42 Å². The maximum Gasteiger partial charge on any atom is 0.248 e. The summed E-state index contributed by atoms with van der Waals surface area (Å²) in [6.07, 6.45) is 3.57. The van der Waals surface area contributed by atoms with Gasteiger partial charge in [0.25, 0.3) is 0 Å². The Morgan fingerprint density at radius 3 is 2.75 bits per heavy atom. The monoisotopic (exact) mass is 196 g/mol. The van der Waals surface area contributed by atoms with Crippen molar-refractivity contribution >= 4 is 11.6 Å². The van der Waals surface area contributed by atoms with Gasteiger partial charge in [-0.15, -0.1) is 11.6 Å². The van der Waals surface area contributed by atoms with Gasteiger partial charge in [-0.3, -0.25) is 0 Å². The third-order valence-corrected chi connectivity index (χ3v) is 2.76. The van der Waals surface area contributed by atoms with Crippen LogP contribution in [0, 0.1) is 5.92 Å².